The van der Waals surface area contributed by atoms with Crippen LogP contribution in [0.1, 0.15) is 0 Å². The molecule has 0 aliphatic rings. The van der Waals surface area contributed by atoms with Crippen LogP contribution < -0.4 is 0 Å². The second-order valence-electron chi connectivity index (χ2n) is 2.75. The summed E-state index contributed by atoms with van der Waals surface area (Å²) in [4.78, 5) is 20.3. The van der Waals surface area contributed by atoms with Crippen molar-refractivity contribution < 1.29 is 45.3 Å². The van der Waals surface area contributed by atoms with Crippen molar-refractivity contribution in [2.75, 3.05) is 0 Å². The first-order chi connectivity index (χ1) is 6.62. The predicted octanol–water partition coefficient (Wildman–Crippen LogP) is -4.08. The molecule has 3 atom stereocenters. The number of aliphatic hydroxyl groups excluding tert-OH is 3. The van der Waals surface area contributed by atoms with Gasteiger partial charge in [-0.25, -0.2) is 9.59 Å². The smallest absolute Gasteiger partial charge is 0.338 e. The quantitative estimate of drug-likeness (QED) is 0.230. The van der Waals surface area contributed by atoms with Crippen LogP contribution in [-0.2, 0) is 9.59 Å². The lowest BCUT2D eigenvalue weighted by atomic mass is 9.99. The Morgan fingerprint density at radius 2 is 1.33 bits per heavy atom. The lowest BCUT2D eigenvalue weighted by Crippen LogP contribution is -2.60. The van der Waals surface area contributed by atoms with Crippen molar-refractivity contribution in [3.63, 3.8) is 0 Å². The summed E-state index contributed by atoms with van der Waals surface area (Å²) in [6.45, 7) is 0. The van der Waals surface area contributed by atoms with Crippen LogP contribution in [-0.4, -0.2) is 71.8 Å². The zero-order valence-electron chi connectivity index (χ0n) is 7.18. The molecule has 9 heteroatoms. The fourth-order valence-electron chi connectivity index (χ4n) is 0.711. The first-order valence-electron chi connectivity index (χ1n) is 3.57. The molecular weight excluding hydrogens is 216 g/mol. The molecule has 0 spiro atoms. The van der Waals surface area contributed by atoms with E-state index < -0.39 is 36.0 Å². The Bertz CT molecular complexity index is 259. The van der Waals surface area contributed by atoms with Gasteiger partial charge in [-0.1, -0.05) is 0 Å². The molecule has 0 aromatic rings. The highest BCUT2D eigenvalue weighted by Crippen LogP contribution is 2.16. The van der Waals surface area contributed by atoms with E-state index in [0.29, 0.717) is 0 Å². The second kappa shape index (κ2) is 4.51. The molecule has 15 heavy (non-hydrogen) atoms. The molecular formula is C6H10O9. The Kier molecular flexibility index (Phi) is 4.13. The Morgan fingerprint density at radius 1 is 0.933 bits per heavy atom. The van der Waals surface area contributed by atoms with Gasteiger partial charge in [0, 0.05) is 0 Å². The van der Waals surface area contributed by atoms with Gasteiger partial charge in [0.1, 0.15) is 6.10 Å². The number of carboxylic acids is 2. The van der Waals surface area contributed by atoms with Gasteiger partial charge in [0.05, 0.1) is 0 Å². The van der Waals surface area contributed by atoms with Gasteiger partial charge in [0.15, 0.2) is 6.10 Å². The average molecular weight is 226 g/mol. The normalized spacial score (nSPS) is 17.9. The Balaban J connectivity index is 4.86. The predicted molar refractivity (Wildman–Crippen MR) is 40.5 cm³/mol. The van der Waals surface area contributed by atoms with Gasteiger partial charge in [0.25, 0.3) is 0 Å². The summed E-state index contributed by atoms with van der Waals surface area (Å²) in [5.41, 5.74) is 0. The van der Waals surface area contributed by atoms with E-state index in [4.69, 9.17) is 35.7 Å². The monoisotopic (exact) mass is 226 g/mol. The number of aliphatic carboxylic acids is 2. The molecule has 0 heterocycles. The zero-order valence-corrected chi connectivity index (χ0v) is 7.18. The van der Waals surface area contributed by atoms with Crippen LogP contribution in [0.15, 0.2) is 0 Å². The highest BCUT2D eigenvalue weighted by atomic mass is 16.6. The fourth-order valence-corrected chi connectivity index (χ4v) is 0.711. The third kappa shape index (κ3) is 2.84. The minimum absolute atomic E-state index is 2.01. The first kappa shape index (κ1) is 13.7. The molecule has 0 bridgehead atoms. The molecule has 0 saturated heterocycles. The number of aliphatic hydroxyl groups is 5. The van der Waals surface area contributed by atoms with Crippen LogP contribution >= 0.6 is 0 Å². The van der Waals surface area contributed by atoms with Gasteiger partial charge < -0.3 is 35.7 Å². The van der Waals surface area contributed by atoms with Gasteiger partial charge in [-0.2, -0.15) is 0 Å². The Labute approximate surface area is 82.4 Å². The molecule has 0 radical (unpaired) electrons. The molecule has 88 valence electrons. The summed E-state index contributed by atoms with van der Waals surface area (Å²) in [5.74, 6) is -7.78. The molecule has 0 aliphatic heterocycles. The van der Waals surface area contributed by atoms with Crippen LogP contribution in [0.2, 0.25) is 0 Å². The van der Waals surface area contributed by atoms with Gasteiger partial charge in [-0.15, -0.1) is 0 Å². The fraction of sp³-hybridized carbons (Fsp3) is 0.667. The van der Waals surface area contributed by atoms with Gasteiger partial charge >= 0.3 is 11.9 Å². The van der Waals surface area contributed by atoms with E-state index in [0.717, 1.165) is 0 Å². The maximum atomic E-state index is 10.1. The summed E-state index contributed by atoms with van der Waals surface area (Å²) < 4.78 is 0. The van der Waals surface area contributed by atoms with Crippen LogP contribution in [0.3, 0.4) is 0 Å². The van der Waals surface area contributed by atoms with Crippen LogP contribution in [0, 0.1) is 0 Å². The van der Waals surface area contributed by atoms with Crippen LogP contribution in [0.4, 0.5) is 0 Å². The molecule has 0 rings (SSSR count). The van der Waals surface area contributed by atoms with Gasteiger partial charge in [-0.05, 0) is 0 Å². The topological polar surface area (TPSA) is 176 Å². The van der Waals surface area contributed by atoms with Crippen molar-refractivity contribution >= 4 is 11.9 Å². The number of hydrogen-bond acceptors (Lipinski definition) is 7. The van der Waals surface area contributed by atoms with E-state index in [9.17, 15) is 9.59 Å². The summed E-state index contributed by atoms with van der Waals surface area (Å²) in [7, 11) is 0. The summed E-state index contributed by atoms with van der Waals surface area (Å²) in [6, 6.07) is 0. The lowest BCUT2D eigenvalue weighted by Gasteiger charge is -2.30. The third-order valence-electron chi connectivity index (χ3n) is 1.62. The first-order valence-corrected chi connectivity index (χ1v) is 3.57. The van der Waals surface area contributed by atoms with E-state index >= 15 is 0 Å². The third-order valence-corrected chi connectivity index (χ3v) is 1.62. The standard InChI is InChI=1S/C6H10O9/c7-1(4(10)11)2(8)6(14,15)3(9)5(12)13/h1-3,7-9,14-15H,(H,10,11)(H,12,13). The van der Waals surface area contributed by atoms with E-state index in [-0.39, 0.29) is 0 Å². The molecule has 3 unspecified atom stereocenters. The van der Waals surface area contributed by atoms with Crippen molar-refractivity contribution in [1.29, 1.82) is 0 Å². The molecule has 0 fully saturated rings. The molecule has 9 nitrogen and oxygen atoms in total. The number of carboxylic acid groups (broad SMARTS) is 2. The number of hydrogen-bond donors (Lipinski definition) is 7. The van der Waals surface area contributed by atoms with Crippen LogP contribution in [0.5, 0.6) is 0 Å². The van der Waals surface area contributed by atoms with Crippen LogP contribution in [0.25, 0.3) is 0 Å². The minimum Gasteiger partial charge on any atom is -0.479 e. The summed E-state index contributed by atoms with van der Waals surface area (Å²) in [5, 5.41) is 60.4. The van der Waals surface area contributed by atoms with E-state index in [1.807, 2.05) is 0 Å². The Hall–Kier alpha value is -1.26. The molecule has 7 N–H and O–H groups in total. The molecule has 0 aliphatic carbocycles. The lowest BCUT2D eigenvalue weighted by molar-refractivity contribution is -0.287. The number of rotatable bonds is 5. The molecule has 0 aromatic carbocycles. The maximum Gasteiger partial charge on any atom is 0.338 e. The molecule has 0 amide bonds. The van der Waals surface area contributed by atoms with Crippen molar-refractivity contribution in [2.24, 2.45) is 0 Å². The highest BCUT2D eigenvalue weighted by molar-refractivity contribution is 5.75. The van der Waals surface area contributed by atoms with E-state index in [1.165, 1.54) is 0 Å². The molecule has 0 aromatic heterocycles. The summed E-state index contributed by atoms with van der Waals surface area (Å²) >= 11 is 0. The largest absolute Gasteiger partial charge is 0.479 e. The van der Waals surface area contributed by atoms with Gasteiger partial charge in [0.2, 0.25) is 11.9 Å². The second-order valence-corrected chi connectivity index (χ2v) is 2.75. The Morgan fingerprint density at radius 3 is 1.60 bits per heavy atom. The van der Waals surface area contributed by atoms with E-state index in [1.54, 1.807) is 0 Å². The average Bonchev–Trinajstić information content (AvgIpc) is 2.13. The number of carbonyl (C=O) groups is 2. The minimum atomic E-state index is -3.68. The SMILES string of the molecule is O=C(O)C(O)C(O)C(O)(O)C(O)C(=O)O. The summed E-state index contributed by atoms with van der Waals surface area (Å²) in [6.07, 6.45) is -8.28. The van der Waals surface area contributed by atoms with E-state index in [2.05, 4.69) is 0 Å². The molecule has 0 saturated carbocycles. The maximum absolute atomic E-state index is 10.1. The van der Waals surface area contributed by atoms with Crippen molar-refractivity contribution in [3.8, 4) is 0 Å². The zero-order chi connectivity index (χ0) is 12.4. The van der Waals surface area contributed by atoms with Gasteiger partial charge in [-0.3, -0.25) is 0 Å². The highest BCUT2D eigenvalue weighted by Gasteiger charge is 2.50. The van der Waals surface area contributed by atoms with Crippen molar-refractivity contribution in [1.82, 2.24) is 0 Å². The van der Waals surface area contributed by atoms with Crippen molar-refractivity contribution in [3.05, 3.63) is 0 Å². The van der Waals surface area contributed by atoms with Crippen molar-refractivity contribution in [2.45, 2.75) is 24.1 Å².